The van der Waals surface area contributed by atoms with Crippen molar-refractivity contribution in [3.05, 3.63) is 29.0 Å². The second kappa shape index (κ2) is 3.94. The molecule has 2 N–H and O–H groups in total. The minimum Gasteiger partial charge on any atom is -0.369 e. The quantitative estimate of drug-likeness (QED) is 0.770. The van der Waals surface area contributed by atoms with Crippen LogP contribution in [0.5, 0.6) is 0 Å². The lowest BCUT2D eigenvalue weighted by molar-refractivity contribution is 1.05. The van der Waals surface area contributed by atoms with Gasteiger partial charge >= 0.3 is 0 Å². The Morgan fingerprint density at radius 2 is 2.18 bits per heavy atom. The van der Waals surface area contributed by atoms with Crippen LogP contribution >= 0.6 is 22.7 Å². The van der Waals surface area contributed by atoms with E-state index in [0.29, 0.717) is 5.95 Å². The van der Waals surface area contributed by atoms with E-state index in [2.05, 4.69) is 15.0 Å². The number of nitrogens with zero attached hydrogens (tertiary/aromatic N) is 4. The third kappa shape index (κ3) is 1.83. The number of imidazole rings is 1. The minimum absolute atomic E-state index is 0.465. The van der Waals surface area contributed by atoms with Crippen molar-refractivity contribution in [3.63, 3.8) is 0 Å². The Morgan fingerprint density at radius 3 is 2.82 bits per heavy atom. The van der Waals surface area contributed by atoms with Crippen molar-refractivity contribution in [2.24, 2.45) is 0 Å². The van der Waals surface area contributed by atoms with Crippen LogP contribution in [0.15, 0.2) is 23.3 Å². The van der Waals surface area contributed by atoms with E-state index in [4.69, 9.17) is 5.73 Å². The van der Waals surface area contributed by atoms with Gasteiger partial charge in [-0.3, -0.25) is 9.55 Å². The predicted molar refractivity (Wildman–Crippen MR) is 69.5 cm³/mol. The highest BCUT2D eigenvalue weighted by molar-refractivity contribution is 7.15. The zero-order chi connectivity index (χ0) is 11.8. The van der Waals surface area contributed by atoms with Crippen molar-refractivity contribution >= 4 is 28.6 Å². The number of anilines is 1. The largest absolute Gasteiger partial charge is 0.369 e. The van der Waals surface area contributed by atoms with Crippen molar-refractivity contribution in [2.75, 3.05) is 5.73 Å². The summed E-state index contributed by atoms with van der Waals surface area (Å²) in [7, 11) is 0. The molecule has 0 bridgehead atoms. The van der Waals surface area contributed by atoms with E-state index in [-0.39, 0.29) is 0 Å². The monoisotopic (exact) mass is 263 g/mol. The van der Waals surface area contributed by atoms with Gasteiger partial charge in [0.1, 0.15) is 0 Å². The summed E-state index contributed by atoms with van der Waals surface area (Å²) < 4.78 is 1.80. The number of nitrogens with two attached hydrogens (primary N) is 1. The zero-order valence-electron chi connectivity index (χ0n) is 8.99. The third-order valence-corrected chi connectivity index (χ3v) is 3.87. The number of nitrogen functional groups attached to an aromatic ring is 1. The molecule has 0 fully saturated rings. The van der Waals surface area contributed by atoms with Crippen LogP contribution in [0.3, 0.4) is 0 Å². The molecule has 0 amide bonds. The molecule has 3 aromatic rings. The molecule has 0 saturated heterocycles. The molecule has 0 radical (unpaired) electrons. The summed E-state index contributed by atoms with van der Waals surface area (Å²) in [5.41, 5.74) is 9.42. The van der Waals surface area contributed by atoms with Gasteiger partial charge in [0.25, 0.3) is 0 Å². The Balaban J connectivity index is 2.03. The van der Waals surface area contributed by atoms with Gasteiger partial charge in [0.15, 0.2) is 5.13 Å². The molecule has 0 aliphatic rings. The fraction of sp³-hybridized carbons (Fsp3) is 0.100. The molecular formula is C10H9N5S2. The van der Waals surface area contributed by atoms with Gasteiger partial charge in [0.2, 0.25) is 5.95 Å². The van der Waals surface area contributed by atoms with E-state index in [9.17, 15) is 0 Å². The Labute approximate surface area is 106 Å². The SMILES string of the molecule is Cc1cn(-c2nc(-c3cncs3)cs2)c(N)n1. The van der Waals surface area contributed by atoms with Crippen LogP contribution in [-0.4, -0.2) is 19.5 Å². The highest BCUT2D eigenvalue weighted by Crippen LogP contribution is 2.27. The maximum absolute atomic E-state index is 5.81. The van der Waals surface area contributed by atoms with Gasteiger partial charge in [-0.1, -0.05) is 0 Å². The topological polar surface area (TPSA) is 69.6 Å². The number of aromatic nitrogens is 4. The molecule has 7 heteroatoms. The molecule has 0 aliphatic heterocycles. The molecule has 0 aromatic carbocycles. The normalized spacial score (nSPS) is 10.9. The second-order valence-corrected chi connectivity index (χ2v) is 5.21. The standard InChI is InChI=1S/C10H9N5S2/c1-6-3-15(9(11)13-6)10-14-7(4-16-10)8-2-12-5-17-8/h2-5H,1H3,(H2,11,13). The number of hydrogen-bond donors (Lipinski definition) is 1. The van der Waals surface area contributed by atoms with Crippen LogP contribution in [-0.2, 0) is 0 Å². The molecule has 0 saturated carbocycles. The fourth-order valence-corrected chi connectivity index (χ4v) is 2.96. The molecule has 0 atom stereocenters. The Morgan fingerprint density at radius 1 is 1.29 bits per heavy atom. The lowest BCUT2D eigenvalue weighted by Crippen LogP contribution is -1.98. The maximum Gasteiger partial charge on any atom is 0.206 e. The molecule has 86 valence electrons. The summed E-state index contributed by atoms with van der Waals surface area (Å²) >= 11 is 3.11. The van der Waals surface area contributed by atoms with Crippen LogP contribution in [0.1, 0.15) is 5.69 Å². The summed E-state index contributed by atoms with van der Waals surface area (Å²) in [6.45, 7) is 1.91. The summed E-state index contributed by atoms with van der Waals surface area (Å²) in [6.07, 6.45) is 3.69. The number of hydrogen-bond acceptors (Lipinski definition) is 6. The van der Waals surface area contributed by atoms with Crippen molar-refractivity contribution in [3.8, 4) is 15.7 Å². The zero-order valence-corrected chi connectivity index (χ0v) is 10.6. The van der Waals surface area contributed by atoms with Crippen LogP contribution in [0.2, 0.25) is 0 Å². The molecule has 5 nitrogen and oxygen atoms in total. The van der Waals surface area contributed by atoms with Crippen LogP contribution in [0, 0.1) is 6.92 Å². The van der Waals surface area contributed by atoms with Gasteiger partial charge in [0, 0.05) is 17.8 Å². The first-order valence-corrected chi connectivity index (χ1v) is 6.66. The molecule has 0 unspecified atom stereocenters. The van der Waals surface area contributed by atoms with Crippen molar-refractivity contribution in [1.29, 1.82) is 0 Å². The second-order valence-electron chi connectivity index (χ2n) is 3.49. The van der Waals surface area contributed by atoms with Crippen LogP contribution in [0.25, 0.3) is 15.7 Å². The van der Waals surface area contributed by atoms with Gasteiger partial charge in [-0.15, -0.1) is 22.7 Å². The Hall–Kier alpha value is -1.73. The maximum atomic E-state index is 5.81. The summed E-state index contributed by atoms with van der Waals surface area (Å²) in [6, 6.07) is 0. The Bertz CT molecular complexity index is 638. The van der Waals surface area contributed by atoms with Crippen LogP contribution in [0.4, 0.5) is 5.95 Å². The highest BCUT2D eigenvalue weighted by Gasteiger charge is 2.10. The summed E-state index contributed by atoms with van der Waals surface area (Å²) in [5.74, 6) is 0.465. The van der Waals surface area contributed by atoms with Gasteiger partial charge in [-0.05, 0) is 6.92 Å². The van der Waals surface area contributed by atoms with Crippen LogP contribution < -0.4 is 5.73 Å². The lowest BCUT2D eigenvalue weighted by Gasteiger charge is -1.97. The minimum atomic E-state index is 0.465. The molecule has 3 aromatic heterocycles. The average molecular weight is 263 g/mol. The summed E-state index contributed by atoms with van der Waals surface area (Å²) in [4.78, 5) is 13.8. The summed E-state index contributed by atoms with van der Waals surface area (Å²) in [5, 5.41) is 2.82. The fourth-order valence-electron chi connectivity index (χ4n) is 1.50. The first-order valence-electron chi connectivity index (χ1n) is 4.90. The molecular weight excluding hydrogens is 254 g/mol. The predicted octanol–water partition coefficient (Wildman–Crippen LogP) is 2.34. The molecule has 0 aliphatic carbocycles. The van der Waals surface area contributed by atoms with Crippen molar-refractivity contribution in [2.45, 2.75) is 6.92 Å². The lowest BCUT2D eigenvalue weighted by atomic mass is 10.4. The van der Waals surface area contributed by atoms with E-state index in [0.717, 1.165) is 21.4 Å². The number of aryl methyl sites for hydroxylation is 1. The van der Waals surface area contributed by atoms with E-state index in [1.54, 1.807) is 21.4 Å². The molecule has 17 heavy (non-hydrogen) atoms. The van der Waals surface area contributed by atoms with E-state index < -0.39 is 0 Å². The van der Waals surface area contributed by atoms with Gasteiger partial charge in [0.05, 0.1) is 21.8 Å². The Kier molecular flexibility index (Phi) is 2.41. The smallest absolute Gasteiger partial charge is 0.206 e. The van der Waals surface area contributed by atoms with Gasteiger partial charge in [-0.2, -0.15) is 0 Å². The first kappa shape index (κ1) is 10.4. The third-order valence-electron chi connectivity index (χ3n) is 2.24. The molecule has 3 heterocycles. The number of thiazole rings is 2. The molecule has 3 rings (SSSR count). The highest BCUT2D eigenvalue weighted by atomic mass is 32.1. The van der Waals surface area contributed by atoms with Crippen molar-refractivity contribution in [1.82, 2.24) is 19.5 Å². The average Bonchev–Trinajstić information content (AvgIpc) is 2.97. The first-order chi connectivity index (χ1) is 8.24. The number of rotatable bonds is 2. The van der Waals surface area contributed by atoms with Gasteiger partial charge < -0.3 is 5.73 Å². The van der Waals surface area contributed by atoms with Gasteiger partial charge in [-0.25, -0.2) is 9.97 Å². The van der Waals surface area contributed by atoms with E-state index in [1.165, 1.54) is 11.3 Å². The van der Waals surface area contributed by atoms with E-state index >= 15 is 0 Å². The van der Waals surface area contributed by atoms with E-state index in [1.807, 2.05) is 24.7 Å². The molecule has 0 spiro atoms. The van der Waals surface area contributed by atoms with Crippen molar-refractivity contribution < 1.29 is 0 Å².